The first-order valence-corrected chi connectivity index (χ1v) is 7.73. The largest absolute Gasteiger partial charge is 0.350 e. The summed E-state index contributed by atoms with van der Waals surface area (Å²) in [5.74, 6) is -0.403. The van der Waals surface area contributed by atoms with Crippen molar-refractivity contribution in [3.05, 3.63) is 69.9 Å². The third-order valence-electron chi connectivity index (χ3n) is 3.45. The zero-order valence-corrected chi connectivity index (χ0v) is 14.1. The van der Waals surface area contributed by atoms with Gasteiger partial charge in [-0.2, -0.15) is 0 Å². The van der Waals surface area contributed by atoms with Crippen molar-refractivity contribution in [2.24, 2.45) is 0 Å². The fourth-order valence-electron chi connectivity index (χ4n) is 2.21. The summed E-state index contributed by atoms with van der Waals surface area (Å²) in [7, 11) is 3.86. The van der Waals surface area contributed by atoms with Crippen molar-refractivity contribution in [1.82, 2.24) is 10.2 Å². The third-order valence-corrected chi connectivity index (χ3v) is 4.14. The van der Waals surface area contributed by atoms with Gasteiger partial charge in [-0.1, -0.05) is 24.3 Å². The van der Waals surface area contributed by atoms with Crippen LogP contribution < -0.4 is 5.32 Å². The Hall–Kier alpha value is -1.72. The van der Waals surface area contributed by atoms with Crippen molar-refractivity contribution in [2.75, 3.05) is 20.6 Å². The Labute approximate surface area is 138 Å². The van der Waals surface area contributed by atoms with Gasteiger partial charge in [-0.3, -0.25) is 4.79 Å². The van der Waals surface area contributed by atoms with Gasteiger partial charge in [0.25, 0.3) is 5.91 Å². The highest BCUT2D eigenvalue weighted by atomic mass is 79.9. The van der Waals surface area contributed by atoms with Gasteiger partial charge in [0.1, 0.15) is 5.82 Å². The lowest BCUT2D eigenvalue weighted by Gasteiger charge is -2.25. The SMILES string of the molecule is CN(C)C(CNC(=O)c1ccccc1Br)c1ccc(F)cc1. The van der Waals surface area contributed by atoms with E-state index in [9.17, 15) is 9.18 Å². The van der Waals surface area contributed by atoms with E-state index in [1.807, 2.05) is 37.2 Å². The molecule has 1 unspecified atom stereocenters. The van der Waals surface area contributed by atoms with Crippen LogP contribution in [0.2, 0.25) is 0 Å². The number of halogens is 2. The maximum Gasteiger partial charge on any atom is 0.252 e. The van der Waals surface area contributed by atoms with E-state index in [4.69, 9.17) is 0 Å². The Bertz CT molecular complexity index is 643. The van der Waals surface area contributed by atoms with Crippen LogP contribution in [0.1, 0.15) is 22.0 Å². The number of carbonyl (C=O) groups excluding carboxylic acids is 1. The first kappa shape index (κ1) is 16.6. The van der Waals surface area contributed by atoms with E-state index in [1.54, 1.807) is 18.2 Å². The van der Waals surface area contributed by atoms with Gasteiger partial charge in [0, 0.05) is 11.0 Å². The predicted molar refractivity (Wildman–Crippen MR) is 89.3 cm³/mol. The van der Waals surface area contributed by atoms with Crippen LogP contribution >= 0.6 is 15.9 Å². The highest BCUT2D eigenvalue weighted by Gasteiger charge is 2.16. The lowest BCUT2D eigenvalue weighted by molar-refractivity contribution is 0.0941. The summed E-state index contributed by atoms with van der Waals surface area (Å²) in [4.78, 5) is 14.3. The Morgan fingerprint density at radius 3 is 2.41 bits per heavy atom. The predicted octanol–water partition coefficient (Wildman–Crippen LogP) is 3.62. The zero-order valence-electron chi connectivity index (χ0n) is 12.5. The van der Waals surface area contributed by atoms with Gasteiger partial charge in [0.15, 0.2) is 0 Å². The number of rotatable bonds is 5. The minimum Gasteiger partial charge on any atom is -0.350 e. The first-order valence-electron chi connectivity index (χ1n) is 6.93. The lowest BCUT2D eigenvalue weighted by Crippen LogP contribution is -2.34. The highest BCUT2D eigenvalue weighted by molar-refractivity contribution is 9.10. The van der Waals surface area contributed by atoms with Crippen LogP contribution in [0.25, 0.3) is 0 Å². The summed E-state index contributed by atoms with van der Waals surface area (Å²) >= 11 is 3.37. The Morgan fingerprint density at radius 2 is 1.82 bits per heavy atom. The molecule has 116 valence electrons. The van der Waals surface area contributed by atoms with E-state index in [0.29, 0.717) is 12.1 Å². The van der Waals surface area contributed by atoms with E-state index in [0.717, 1.165) is 10.0 Å². The maximum atomic E-state index is 13.0. The number of likely N-dealkylation sites (N-methyl/N-ethyl adjacent to an activating group) is 1. The van der Waals surface area contributed by atoms with Crippen molar-refractivity contribution in [3.8, 4) is 0 Å². The van der Waals surface area contributed by atoms with Crippen molar-refractivity contribution in [2.45, 2.75) is 6.04 Å². The van der Waals surface area contributed by atoms with Crippen molar-refractivity contribution < 1.29 is 9.18 Å². The standard InChI is InChI=1S/C17H18BrFN2O/c1-21(2)16(12-7-9-13(19)10-8-12)11-20-17(22)14-5-3-4-6-15(14)18/h3-10,16H,11H2,1-2H3,(H,20,22). The number of nitrogens with zero attached hydrogens (tertiary/aromatic N) is 1. The zero-order chi connectivity index (χ0) is 16.1. The van der Waals surface area contributed by atoms with Crippen LogP contribution in [0.5, 0.6) is 0 Å². The maximum absolute atomic E-state index is 13.0. The fraction of sp³-hybridized carbons (Fsp3) is 0.235. The molecule has 0 aliphatic rings. The Balaban J connectivity index is 2.08. The van der Waals surface area contributed by atoms with E-state index in [-0.39, 0.29) is 17.8 Å². The minimum absolute atomic E-state index is 0.0213. The normalized spacial score (nSPS) is 12.2. The number of hydrogen-bond acceptors (Lipinski definition) is 2. The van der Waals surface area contributed by atoms with Gasteiger partial charge in [0.2, 0.25) is 0 Å². The molecule has 0 bridgehead atoms. The van der Waals surface area contributed by atoms with Crippen LogP contribution in [-0.2, 0) is 0 Å². The fourth-order valence-corrected chi connectivity index (χ4v) is 2.68. The molecule has 0 saturated heterocycles. The van der Waals surface area contributed by atoms with Gasteiger partial charge < -0.3 is 10.2 Å². The van der Waals surface area contributed by atoms with Crippen LogP contribution in [0.4, 0.5) is 4.39 Å². The van der Waals surface area contributed by atoms with Gasteiger partial charge in [0.05, 0.1) is 11.6 Å². The number of amides is 1. The number of nitrogens with one attached hydrogen (secondary N) is 1. The molecular weight excluding hydrogens is 347 g/mol. The summed E-state index contributed by atoms with van der Waals surface area (Å²) < 4.78 is 13.8. The lowest BCUT2D eigenvalue weighted by atomic mass is 10.1. The molecule has 1 amide bonds. The van der Waals surface area contributed by atoms with Gasteiger partial charge >= 0.3 is 0 Å². The van der Waals surface area contributed by atoms with Crippen LogP contribution in [0, 0.1) is 5.82 Å². The van der Waals surface area contributed by atoms with Crippen molar-refractivity contribution in [3.63, 3.8) is 0 Å². The second-order valence-corrected chi connectivity index (χ2v) is 6.08. The molecule has 0 radical (unpaired) electrons. The first-order chi connectivity index (χ1) is 10.5. The molecule has 1 N–H and O–H groups in total. The Kier molecular flexibility index (Phi) is 5.69. The highest BCUT2D eigenvalue weighted by Crippen LogP contribution is 2.19. The summed E-state index contributed by atoms with van der Waals surface area (Å²) in [6, 6.07) is 13.6. The Morgan fingerprint density at radius 1 is 1.18 bits per heavy atom. The van der Waals surface area contributed by atoms with Crippen LogP contribution in [-0.4, -0.2) is 31.4 Å². The van der Waals surface area contributed by atoms with E-state index < -0.39 is 0 Å². The van der Waals surface area contributed by atoms with Gasteiger partial charge in [-0.05, 0) is 59.9 Å². The van der Waals surface area contributed by atoms with Crippen molar-refractivity contribution >= 4 is 21.8 Å². The second kappa shape index (κ2) is 7.51. The monoisotopic (exact) mass is 364 g/mol. The van der Waals surface area contributed by atoms with Crippen LogP contribution in [0.3, 0.4) is 0 Å². The molecule has 2 rings (SSSR count). The average molecular weight is 365 g/mol. The molecule has 3 nitrogen and oxygen atoms in total. The smallest absolute Gasteiger partial charge is 0.252 e. The van der Waals surface area contributed by atoms with Gasteiger partial charge in [-0.15, -0.1) is 0 Å². The topological polar surface area (TPSA) is 32.3 Å². The molecule has 0 aliphatic heterocycles. The van der Waals surface area contributed by atoms with E-state index in [1.165, 1.54) is 12.1 Å². The molecule has 0 aromatic heterocycles. The molecular formula is C17H18BrFN2O. The molecule has 0 heterocycles. The molecule has 0 spiro atoms. The molecule has 1 atom stereocenters. The summed E-state index contributed by atoms with van der Waals surface area (Å²) in [6.07, 6.45) is 0. The molecule has 0 aliphatic carbocycles. The summed E-state index contributed by atoms with van der Waals surface area (Å²) in [5, 5.41) is 2.93. The minimum atomic E-state index is -0.265. The molecule has 2 aromatic carbocycles. The quantitative estimate of drug-likeness (QED) is 0.878. The molecule has 0 saturated carbocycles. The number of hydrogen-bond donors (Lipinski definition) is 1. The molecule has 0 fully saturated rings. The molecule has 5 heteroatoms. The van der Waals surface area contributed by atoms with Crippen LogP contribution in [0.15, 0.2) is 53.0 Å². The van der Waals surface area contributed by atoms with E-state index >= 15 is 0 Å². The third kappa shape index (κ3) is 4.15. The van der Waals surface area contributed by atoms with E-state index in [2.05, 4.69) is 21.2 Å². The summed E-state index contributed by atoms with van der Waals surface area (Å²) in [6.45, 7) is 0.443. The second-order valence-electron chi connectivity index (χ2n) is 5.22. The molecule has 22 heavy (non-hydrogen) atoms. The number of benzene rings is 2. The van der Waals surface area contributed by atoms with Gasteiger partial charge in [-0.25, -0.2) is 4.39 Å². The van der Waals surface area contributed by atoms with Crippen molar-refractivity contribution in [1.29, 1.82) is 0 Å². The average Bonchev–Trinajstić information content (AvgIpc) is 2.49. The summed E-state index contributed by atoms with van der Waals surface area (Å²) in [5.41, 5.74) is 1.55. The molecule has 2 aromatic rings. The number of carbonyl (C=O) groups is 1.